The van der Waals surface area contributed by atoms with Gasteiger partial charge in [0.05, 0.1) is 10.6 Å². The van der Waals surface area contributed by atoms with Crippen LogP contribution in [-0.4, -0.2) is 4.92 Å². The minimum absolute atomic E-state index is 0.0295. The second-order valence-electron chi connectivity index (χ2n) is 3.86. The Hall–Kier alpha value is -2.50. The molecule has 0 saturated carbocycles. The SMILES string of the molecule is O=[N+]([O-])c1ccccc1CNc1cc(F)ccc1F. The third-order valence-corrected chi connectivity index (χ3v) is 2.59. The van der Waals surface area contributed by atoms with Gasteiger partial charge in [0.2, 0.25) is 0 Å². The highest BCUT2D eigenvalue weighted by Gasteiger charge is 2.12. The molecule has 6 heteroatoms. The van der Waals surface area contributed by atoms with Crippen molar-refractivity contribution in [2.75, 3.05) is 5.32 Å². The van der Waals surface area contributed by atoms with Gasteiger partial charge in [-0.05, 0) is 18.2 Å². The van der Waals surface area contributed by atoms with Crippen LogP contribution in [0.15, 0.2) is 42.5 Å². The second-order valence-corrected chi connectivity index (χ2v) is 3.86. The van der Waals surface area contributed by atoms with Crippen LogP contribution in [0, 0.1) is 21.7 Å². The molecule has 0 unspecified atom stereocenters. The summed E-state index contributed by atoms with van der Waals surface area (Å²) in [5, 5.41) is 13.4. The normalized spacial score (nSPS) is 10.2. The molecule has 0 heterocycles. The van der Waals surface area contributed by atoms with Gasteiger partial charge in [-0.1, -0.05) is 18.2 Å². The molecular formula is C13H10F2N2O2. The Morgan fingerprint density at radius 2 is 1.89 bits per heavy atom. The zero-order chi connectivity index (χ0) is 13.8. The third-order valence-electron chi connectivity index (χ3n) is 2.59. The van der Waals surface area contributed by atoms with Gasteiger partial charge in [0, 0.05) is 18.2 Å². The highest BCUT2D eigenvalue weighted by atomic mass is 19.1. The monoisotopic (exact) mass is 264 g/mol. The van der Waals surface area contributed by atoms with Crippen molar-refractivity contribution in [2.45, 2.75) is 6.54 Å². The highest BCUT2D eigenvalue weighted by molar-refractivity contribution is 5.48. The number of nitro benzene ring substituents is 1. The summed E-state index contributed by atoms with van der Waals surface area (Å²) in [5.74, 6) is -1.19. The summed E-state index contributed by atoms with van der Waals surface area (Å²) in [6, 6.07) is 9.12. The minimum Gasteiger partial charge on any atom is -0.378 e. The number of hydrogen-bond donors (Lipinski definition) is 1. The summed E-state index contributed by atoms with van der Waals surface area (Å²) in [6.07, 6.45) is 0. The number of benzene rings is 2. The van der Waals surface area contributed by atoms with Crippen LogP contribution in [0.25, 0.3) is 0 Å². The van der Waals surface area contributed by atoms with Gasteiger partial charge in [-0.2, -0.15) is 0 Å². The van der Waals surface area contributed by atoms with E-state index in [4.69, 9.17) is 0 Å². The van der Waals surface area contributed by atoms with E-state index in [0.717, 1.165) is 18.2 Å². The molecular weight excluding hydrogens is 254 g/mol. The van der Waals surface area contributed by atoms with E-state index in [1.165, 1.54) is 6.07 Å². The first kappa shape index (κ1) is 12.9. The number of para-hydroxylation sites is 1. The van der Waals surface area contributed by atoms with E-state index in [1.807, 2.05) is 0 Å². The lowest BCUT2D eigenvalue weighted by Crippen LogP contribution is -2.04. The van der Waals surface area contributed by atoms with Gasteiger partial charge in [-0.25, -0.2) is 8.78 Å². The van der Waals surface area contributed by atoms with Crippen LogP contribution in [0.3, 0.4) is 0 Å². The molecule has 0 spiro atoms. The Morgan fingerprint density at radius 3 is 2.63 bits per heavy atom. The number of hydrogen-bond acceptors (Lipinski definition) is 3. The van der Waals surface area contributed by atoms with Gasteiger partial charge in [-0.3, -0.25) is 10.1 Å². The number of nitro groups is 1. The predicted octanol–water partition coefficient (Wildman–Crippen LogP) is 3.49. The standard InChI is InChI=1S/C13H10F2N2O2/c14-10-5-6-11(15)12(7-10)16-8-9-3-1-2-4-13(9)17(18)19/h1-7,16H,8H2. The smallest absolute Gasteiger partial charge is 0.274 e. The molecule has 0 aliphatic carbocycles. The van der Waals surface area contributed by atoms with Crippen LogP contribution in [0.1, 0.15) is 5.56 Å². The fourth-order valence-electron chi connectivity index (χ4n) is 1.66. The van der Waals surface area contributed by atoms with E-state index in [0.29, 0.717) is 5.56 Å². The van der Waals surface area contributed by atoms with Gasteiger partial charge in [0.15, 0.2) is 0 Å². The van der Waals surface area contributed by atoms with Crippen molar-refractivity contribution < 1.29 is 13.7 Å². The molecule has 0 aliphatic heterocycles. The van der Waals surface area contributed by atoms with Gasteiger partial charge in [0.1, 0.15) is 11.6 Å². The zero-order valence-electron chi connectivity index (χ0n) is 9.77. The topological polar surface area (TPSA) is 55.2 Å². The van der Waals surface area contributed by atoms with Crippen LogP contribution < -0.4 is 5.32 Å². The number of nitrogens with one attached hydrogen (secondary N) is 1. The summed E-state index contributed by atoms with van der Waals surface area (Å²) in [7, 11) is 0. The maximum atomic E-state index is 13.4. The lowest BCUT2D eigenvalue weighted by molar-refractivity contribution is -0.385. The highest BCUT2D eigenvalue weighted by Crippen LogP contribution is 2.21. The quantitative estimate of drug-likeness (QED) is 0.679. The van der Waals surface area contributed by atoms with Crippen LogP contribution in [0.2, 0.25) is 0 Å². The Kier molecular flexibility index (Phi) is 3.70. The molecule has 0 saturated heterocycles. The third kappa shape index (κ3) is 3.04. The van der Waals surface area contributed by atoms with Gasteiger partial charge in [0.25, 0.3) is 5.69 Å². The van der Waals surface area contributed by atoms with E-state index in [1.54, 1.807) is 18.2 Å². The Labute approximate surface area is 107 Å². The Balaban J connectivity index is 2.19. The molecule has 4 nitrogen and oxygen atoms in total. The summed E-state index contributed by atoms with van der Waals surface area (Å²) >= 11 is 0. The molecule has 98 valence electrons. The fourth-order valence-corrected chi connectivity index (χ4v) is 1.66. The van der Waals surface area contributed by atoms with Gasteiger partial charge in [-0.15, -0.1) is 0 Å². The van der Waals surface area contributed by atoms with E-state index in [-0.39, 0.29) is 17.9 Å². The summed E-state index contributed by atoms with van der Waals surface area (Å²) in [4.78, 5) is 10.3. The van der Waals surface area contributed by atoms with Crippen molar-refractivity contribution in [3.05, 3.63) is 69.8 Å². The van der Waals surface area contributed by atoms with Crippen LogP contribution >= 0.6 is 0 Å². The molecule has 0 fully saturated rings. The average molecular weight is 264 g/mol. The van der Waals surface area contributed by atoms with Crippen molar-refractivity contribution in [2.24, 2.45) is 0 Å². The van der Waals surface area contributed by atoms with Gasteiger partial charge >= 0.3 is 0 Å². The largest absolute Gasteiger partial charge is 0.378 e. The lowest BCUT2D eigenvalue weighted by atomic mass is 10.1. The van der Waals surface area contributed by atoms with Crippen molar-refractivity contribution in [3.8, 4) is 0 Å². The summed E-state index contributed by atoms with van der Waals surface area (Å²) in [6.45, 7) is 0.0392. The summed E-state index contributed by atoms with van der Waals surface area (Å²) < 4.78 is 26.3. The Morgan fingerprint density at radius 1 is 1.16 bits per heavy atom. The van der Waals surface area contributed by atoms with Crippen molar-refractivity contribution in [1.82, 2.24) is 0 Å². The van der Waals surface area contributed by atoms with Crippen molar-refractivity contribution in [3.63, 3.8) is 0 Å². The van der Waals surface area contributed by atoms with Crippen LogP contribution in [0.4, 0.5) is 20.2 Å². The van der Waals surface area contributed by atoms with E-state index < -0.39 is 16.6 Å². The molecule has 0 atom stereocenters. The average Bonchev–Trinajstić information content (AvgIpc) is 2.40. The Bertz CT molecular complexity index is 617. The molecule has 0 bridgehead atoms. The number of rotatable bonds is 4. The number of halogens is 2. The van der Waals surface area contributed by atoms with E-state index >= 15 is 0 Å². The second kappa shape index (κ2) is 5.43. The van der Waals surface area contributed by atoms with Crippen molar-refractivity contribution in [1.29, 1.82) is 0 Å². The van der Waals surface area contributed by atoms with E-state index in [2.05, 4.69) is 5.32 Å². The molecule has 0 aliphatic rings. The minimum atomic E-state index is -0.611. The zero-order valence-corrected chi connectivity index (χ0v) is 9.77. The maximum Gasteiger partial charge on any atom is 0.274 e. The molecule has 0 radical (unpaired) electrons. The fraction of sp³-hybridized carbons (Fsp3) is 0.0769. The molecule has 19 heavy (non-hydrogen) atoms. The van der Waals surface area contributed by atoms with Crippen molar-refractivity contribution >= 4 is 11.4 Å². The first-order valence-corrected chi connectivity index (χ1v) is 5.49. The molecule has 1 N–H and O–H groups in total. The maximum absolute atomic E-state index is 13.4. The van der Waals surface area contributed by atoms with Crippen LogP contribution in [0.5, 0.6) is 0 Å². The van der Waals surface area contributed by atoms with E-state index in [9.17, 15) is 18.9 Å². The first-order valence-electron chi connectivity index (χ1n) is 5.49. The number of nitrogens with zero attached hydrogens (tertiary/aromatic N) is 1. The first-order chi connectivity index (χ1) is 9.08. The molecule has 2 aromatic carbocycles. The predicted molar refractivity (Wildman–Crippen MR) is 66.8 cm³/mol. The molecule has 2 aromatic rings. The van der Waals surface area contributed by atoms with Crippen LogP contribution in [-0.2, 0) is 6.54 Å². The summed E-state index contributed by atoms with van der Waals surface area (Å²) in [5.41, 5.74) is 0.307. The number of anilines is 1. The molecule has 0 amide bonds. The molecule has 0 aromatic heterocycles. The lowest BCUT2D eigenvalue weighted by Gasteiger charge is -2.08. The van der Waals surface area contributed by atoms with Gasteiger partial charge < -0.3 is 5.32 Å². The molecule has 2 rings (SSSR count).